The fourth-order valence-corrected chi connectivity index (χ4v) is 1.80. The molecule has 0 bridgehead atoms. The molecule has 5 N–H and O–H groups in total. The molecule has 0 spiro atoms. The third kappa shape index (κ3) is 4.29. The number of rotatable bonds is 6. The molecular formula is C7H13N5O3Si. The van der Waals surface area contributed by atoms with Gasteiger partial charge in [0.2, 0.25) is 21.7 Å². The van der Waals surface area contributed by atoms with Crippen molar-refractivity contribution in [3.63, 3.8) is 0 Å². The van der Waals surface area contributed by atoms with Crippen molar-refractivity contribution in [2.45, 2.75) is 18.9 Å². The van der Waals surface area contributed by atoms with Crippen LogP contribution in [0.3, 0.4) is 0 Å². The van der Waals surface area contributed by atoms with Crippen molar-refractivity contribution in [1.29, 1.82) is 0 Å². The second kappa shape index (κ2) is 6.10. The Balaban J connectivity index is 2.49. The minimum absolute atomic E-state index is 0.00312. The van der Waals surface area contributed by atoms with Crippen LogP contribution in [0.1, 0.15) is 12.2 Å². The van der Waals surface area contributed by atoms with E-state index in [1.54, 1.807) is 0 Å². The van der Waals surface area contributed by atoms with Crippen molar-refractivity contribution in [3.05, 3.63) is 5.82 Å². The van der Waals surface area contributed by atoms with Crippen LogP contribution in [0.2, 0.25) is 6.04 Å². The quantitative estimate of drug-likeness (QED) is 0.238. The van der Waals surface area contributed by atoms with Gasteiger partial charge in [0.1, 0.15) is 11.6 Å². The summed E-state index contributed by atoms with van der Waals surface area (Å²) in [6, 6.07) is 0.575. The third-order valence-corrected chi connectivity index (χ3v) is 2.59. The molecule has 0 radical (unpaired) electrons. The lowest BCUT2D eigenvalue weighted by Crippen LogP contribution is -2.12. The minimum atomic E-state index is -0.994. The summed E-state index contributed by atoms with van der Waals surface area (Å²) >= 11 is 0. The second-order valence-electron chi connectivity index (χ2n) is 3.12. The topological polar surface area (TPSA) is 137 Å². The van der Waals surface area contributed by atoms with E-state index in [-0.39, 0.29) is 29.9 Å². The summed E-state index contributed by atoms with van der Waals surface area (Å²) < 4.78 is 3.99. The number of nitrogen functional groups attached to an aromatic ring is 2. The molecule has 0 amide bonds. The Hall–Kier alpha value is -1.58. The number of hydrogen-bond acceptors (Lipinski definition) is 8. The molecule has 0 aliphatic carbocycles. The number of carbonyl (C=O) groups excluding carboxylic acids is 1. The zero-order valence-electron chi connectivity index (χ0n) is 8.59. The second-order valence-corrected chi connectivity index (χ2v) is 4.49. The van der Waals surface area contributed by atoms with Crippen molar-refractivity contribution in [2.24, 2.45) is 0 Å². The maximum atomic E-state index is 11.4. The highest BCUT2D eigenvalue weighted by Crippen LogP contribution is 2.02. The van der Waals surface area contributed by atoms with Crippen LogP contribution in [0.15, 0.2) is 0 Å². The predicted molar refractivity (Wildman–Crippen MR) is 59.0 cm³/mol. The first-order chi connectivity index (χ1) is 7.61. The Morgan fingerprint density at radius 3 is 2.50 bits per heavy atom. The molecule has 1 rings (SSSR count). The van der Waals surface area contributed by atoms with Gasteiger partial charge in [0.05, 0.1) is 6.42 Å². The van der Waals surface area contributed by atoms with Crippen molar-refractivity contribution in [2.75, 3.05) is 11.5 Å². The lowest BCUT2D eigenvalue weighted by atomic mass is 10.2. The molecule has 8 nitrogen and oxygen atoms in total. The van der Waals surface area contributed by atoms with Crippen LogP contribution in [-0.4, -0.2) is 35.8 Å². The standard InChI is InChI=1S/C7H13N5O3Si/c8-6-10-5(11-7(9)12-6)3-4(13)1-2-16-15-14/h14H,1-3,16H2,(H4,8,9,10,11,12). The molecule has 0 aliphatic heterocycles. The summed E-state index contributed by atoms with van der Waals surface area (Å²) in [6.45, 7) is 0. The zero-order valence-corrected chi connectivity index (χ0v) is 10.0. The van der Waals surface area contributed by atoms with Gasteiger partial charge < -0.3 is 11.5 Å². The van der Waals surface area contributed by atoms with Crippen LogP contribution in [-0.2, 0) is 15.8 Å². The highest BCUT2D eigenvalue weighted by molar-refractivity contribution is 6.27. The molecule has 88 valence electrons. The van der Waals surface area contributed by atoms with Crippen LogP contribution in [0, 0.1) is 0 Å². The number of carbonyl (C=O) groups is 1. The SMILES string of the molecule is Nc1nc(N)nc(CC(=O)CC[SiH2]OO)n1. The molecule has 1 aromatic rings. The molecule has 1 heterocycles. The van der Waals surface area contributed by atoms with E-state index in [0.717, 1.165) is 0 Å². The average Bonchev–Trinajstić information content (AvgIpc) is 2.16. The molecule has 0 unspecified atom stereocenters. The van der Waals surface area contributed by atoms with Gasteiger partial charge in [0.15, 0.2) is 0 Å². The number of Topliss-reactive ketones (excluding diaryl/α,β-unsaturated/α-hetero) is 1. The molecule has 0 saturated carbocycles. The Labute approximate surface area is 93.9 Å². The van der Waals surface area contributed by atoms with Crippen molar-refractivity contribution in [1.82, 2.24) is 15.0 Å². The first-order valence-corrected chi connectivity index (χ1v) is 6.23. The first-order valence-electron chi connectivity index (χ1n) is 4.66. The van der Waals surface area contributed by atoms with E-state index >= 15 is 0 Å². The van der Waals surface area contributed by atoms with Gasteiger partial charge in [-0.2, -0.15) is 15.0 Å². The van der Waals surface area contributed by atoms with Gasteiger partial charge in [-0.15, -0.1) is 0 Å². The van der Waals surface area contributed by atoms with Crippen LogP contribution >= 0.6 is 0 Å². The summed E-state index contributed by atoms with van der Waals surface area (Å²) in [5.41, 5.74) is 10.7. The Bertz CT molecular complexity index is 355. The van der Waals surface area contributed by atoms with Gasteiger partial charge in [-0.05, 0) is 6.04 Å². The Kier molecular flexibility index (Phi) is 4.76. The maximum Gasteiger partial charge on any atom is 0.225 e. The molecule has 0 atom stereocenters. The van der Waals surface area contributed by atoms with Gasteiger partial charge in [0, 0.05) is 6.42 Å². The van der Waals surface area contributed by atoms with E-state index in [2.05, 4.69) is 19.5 Å². The number of anilines is 2. The summed E-state index contributed by atoms with van der Waals surface area (Å²) in [5, 5.41) is 8.13. The molecule has 0 saturated heterocycles. The minimum Gasteiger partial charge on any atom is -0.368 e. The third-order valence-electron chi connectivity index (χ3n) is 1.76. The number of nitrogens with zero attached hydrogens (tertiary/aromatic N) is 3. The highest BCUT2D eigenvalue weighted by atomic mass is 28.2. The van der Waals surface area contributed by atoms with Crippen LogP contribution in [0.25, 0.3) is 0 Å². The van der Waals surface area contributed by atoms with E-state index in [4.69, 9.17) is 16.7 Å². The lowest BCUT2D eigenvalue weighted by Gasteiger charge is -2.01. The van der Waals surface area contributed by atoms with Gasteiger partial charge in [-0.3, -0.25) is 14.6 Å². The molecule has 1 aromatic heterocycles. The smallest absolute Gasteiger partial charge is 0.225 e. The first kappa shape index (κ1) is 12.5. The fraction of sp³-hybridized carbons (Fsp3) is 0.429. The number of ketones is 1. The van der Waals surface area contributed by atoms with Gasteiger partial charge in [-0.1, -0.05) is 0 Å². The van der Waals surface area contributed by atoms with Crippen LogP contribution < -0.4 is 11.5 Å². The number of hydrogen-bond donors (Lipinski definition) is 3. The molecule has 0 fully saturated rings. The van der Waals surface area contributed by atoms with E-state index in [1.165, 1.54) is 0 Å². The molecule has 0 aliphatic rings. The largest absolute Gasteiger partial charge is 0.368 e. The molecule has 16 heavy (non-hydrogen) atoms. The van der Waals surface area contributed by atoms with Gasteiger partial charge in [0.25, 0.3) is 0 Å². The summed E-state index contributed by atoms with van der Waals surface area (Å²) in [4.78, 5) is 22.6. The summed E-state index contributed by atoms with van der Waals surface area (Å²) in [7, 11) is -0.994. The van der Waals surface area contributed by atoms with Crippen molar-refractivity contribution < 1.29 is 14.6 Å². The highest BCUT2D eigenvalue weighted by Gasteiger charge is 2.08. The summed E-state index contributed by atoms with van der Waals surface area (Å²) in [5.74, 6) is 0.225. The Morgan fingerprint density at radius 2 is 1.94 bits per heavy atom. The normalized spacial score (nSPS) is 11.1. The monoisotopic (exact) mass is 243 g/mol. The van der Waals surface area contributed by atoms with Crippen LogP contribution in [0.5, 0.6) is 0 Å². The van der Waals surface area contributed by atoms with E-state index < -0.39 is 9.76 Å². The van der Waals surface area contributed by atoms with E-state index in [1.807, 2.05) is 0 Å². The van der Waals surface area contributed by atoms with Gasteiger partial charge in [-0.25, -0.2) is 0 Å². The van der Waals surface area contributed by atoms with Crippen molar-refractivity contribution in [3.8, 4) is 0 Å². The predicted octanol–water partition coefficient (Wildman–Crippen LogP) is -1.47. The molecule has 0 aromatic carbocycles. The summed E-state index contributed by atoms with van der Waals surface area (Å²) in [6.07, 6.45) is 0.398. The number of nitrogens with two attached hydrogens (primary N) is 2. The van der Waals surface area contributed by atoms with Gasteiger partial charge >= 0.3 is 0 Å². The number of aromatic nitrogens is 3. The average molecular weight is 243 g/mol. The zero-order chi connectivity index (χ0) is 12.0. The fourth-order valence-electron chi connectivity index (χ4n) is 1.13. The van der Waals surface area contributed by atoms with Crippen LogP contribution in [0.4, 0.5) is 11.9 Å². The Morgan fingerprint density at radius 1 is 1.31 bits per heavy atom. The molecule has 9 heteroatoms. The maximum absolute atomic E-state index is 11.4. The van der Waals surface area contributed by atoms with E-state index in [0.29, 0.717) is 12.5 Å². The van der Waals surface area contributed by atoms with Crippen molar-refractivity contribution >= 4 is 27.4 Å². The lowest BCUT2D eigenvalue weighted by molar-refractivity contribution is -0.138. The van der Waals surface area contributed by atoms with E-state index in [9.17, 15) is 4.79 Å². The molecular weight excluding hydrogens is 230 g/mol.